The third-order valence-electron chi connectivity index (χ3n) is 3.58. The highest BCUT2D eigenvalue weighted by Gasteiger charge is 2.11. The molecule has 0 amide bonds. The lowest BCUT2D eigenvalue weighted by Crippen LogP contribution is -2.19. The van der Waals surface area contributed by atoms with E-state index in [1.807, 2.05) is 27.2 Å². The van der Waals surface area contributed by atoms with Crippen molar-refractivity contribution in [1.82, 2.24) is 5.32 Å². The van der Waals surface area contributed by atoms with Crippen LogP contribution in [0.15, 0.2) is 42.5 Å². The van der Waals surface area contributed by atoms with Crippen molar-refractivity contribution in [3.05, 3.63) is 64.4 Å². The molecular formula is C17H20ClFN2. The molecule has 0 aliphatic rings. The van der Waals surface area contributed by atoms with Gasteiger partial charge in [0.15, 0.2) is 0 Å². The molecule has 21 heavy (non-hydrogen) atoms. The molecule has 0 aliphatic heterocycles. The maximum atomic E-state index is 13.5. The van der Waals surface area contributed by atoms with Crippen LogP contribution >= 0.6 is 11.6 Å². The fourth-order valence-corrected chi connectivity index (χ4v) is 2.41. The summed E-state index contributed by atoms with van der Waals surface area (Å²) in [5.74, 6) is -0.369. The van der Waals surface area contributed by atoms with Gasteiger partial charge in [-0.3, -0.25) is 0 Å². The Hall–Kier alpha value is -1.58. The fourth-order valence-electron chi connectivity index (χ4n) is 2.29. The minimum atomic E-state index is -0.369. The Morgan fingerprint density at radius 2 is 1.81 bits per heavy atom. The van der Waals surface area contributed by atoms with Crippen molar-refractivity contribution in [1.29, 1.82) is 0 Å². The molecule has 0 saturated carbocycles. The lowest BCUT2D eigenvalue weighted by molar-refractivity contribution is 0.584. The first-order valence-electron chi connectivity index (χ1n) is 6.89. The summed E-state index contributed by atoms with van der Waals surface area (Å²) in [6.07, 6.45) is 0.714. The maximum Gasteiger partial charge on any atom is 0.142 e. The van der Waals surface area contributed by atoms with Crippen molar-refractivity contribution in [3.8, 4) is 0 Å². The first-order valence-corrected chi connectivity index (χ1v) is 7.27. The number of likely N-dealkylation sites (N-methyl/N-ethyl adjacent to an activating group) is 1. The first kappa shape index (κ1) is 15.8. The second-order valence-electron chi connectivity index (χ2n) is 5.28. The van der Waals surface area contributed by atoms with Gasteiger partial charge in [0.25, 0.3) is 0 Å². The van der Waals surface area contributed by atoms with Crippen LogP contribution in [0.5, 0.6) is 0 Å². The number of hydrogen-bond acceptors (Lipinski definition) is 2. The highest BCUT2D eigenvalue weighted by atomic mass is 35.5. The summed E-state index contributed by atoms with van der Waals surface area (Å²) in [4.78, 5) is 2.06. The number of anilines is 1. The molecule has 0 radical (unpaired) electrons. The van der Waals surface area contributed by atoms with Crippen LogP contribution in [-0.4, -0.2) is 21.1 Å². The predicted molar refractivity (Wildman–Crippen MR) is 87.7 cm³/mol. The number of nitrogens with zero attached hydrogens (tertiary/aromatic N) is 1. The van der Waals surface area contributed by atoms with Gasteiger partial charge >= 0.3 is 0 Å². The number of hydrogen-bond donors (Lipinski definition) is 1. The summed E-state index contributed by atoms with van der Waals surface area (Å²) in [5, 5.41) is 3.44. The van der Waals surface area contributed by atoms with E-state index in [2.05, 4.69) is 34.5 Å². The topological polar surface area (TPSA) is 15.3 Å². The average Bonchev–Trinajstić information content (AvgIpc) is 2.48. The smallest absolute Gasteiger partial charge is 0.142 e. The first-order chi connectivity index (χ1) is 10.0. The van der Waals surface area contributed by atoms with Crippen LogP contribution in [0.3, 0.4) is 0 Å². The second-order valence-corrected chi connectivity index (χ2v) is 5.69. The van der Waals surface area contributed by atoms with Crippen LogP contribution in [0.1, 0.15) is 17.2 Å². The summed E-state index contributed by atoms with van der Waals surface area (Å²) in [6, 6.07) is 13.5. The van der Waals surface area contributed by atoms with Gasteiger partial charge in [-0.2, -0.15) is 0 Å². The Morgan fingerprint density at radius 1 is 1.14 bits per heavy atom. The molecule has 2 nitrogen and oxygen atoms in total. The van der Waals surface area contributed by atoms with Gasteiger partial charge < -0.3 is 10.2 Å². The van der Waals surface area contributed by atoms with Crippen LogP contribution in [0.25, 0.3) is 0 Å². The van der Waals surface area contributed by atoms with Crippen molar-refractivity contribution >= 4 is 17.3 Å². The van der Waals surface area contributed by atoms with Crippen LogP contribution < -0.4 is 10.2 Å². The molecule has 0 aliphatic carbocycles. The zero-order valence-corrected chi connectivity index (χ0v) is 13.3. The standard InChI is InChI=1S/C17H20ClFN2/c1-20-17(11-12-4-9-15(18)16(19)10-12)13-5-7-14(8-6-13)21(2)3/h4-10,17,20H,11H2,1-3H3. The number of benzene rings is 2. The van der Waals surface area contributed by atoms with E-state index in [9.17, 15) is 4.39 Å². The molecule has 2 rings (SSSR count). The van der Waals surface area contributed by atoms with E-state index in [0.29, 0.717) is 6.42 Å². The summed E-state index contributed by atoms with van der Waals surface area (Å²) in [7, 11) is 5.94. The van der Waals surface area contributed by atoms with E-state index in [-0.39, 0.29) is 16.9 Å². The summed E-state index contributed by atoms with van der Waals surface area (Å²) in [5.41, 5.74) is 3.26. The van der Waals surface area contributed by atoms with Gasteiger partial charge in [0.2, 0.25) is 0 Å². The van der Waals surface area contributed by atoms with Gasteiger partial charge in [0.05, 0.1) is 5.02 Å². The Balaban J connectivity index is 2.17. The van der Waals surface area contributed by atoms with Gasteiger partial charge in [0, 0.05) is 25.8 Å². The van der Waals surface area contributed by atoms with Crippen LogP contribution in [0.4, 0.5) is 10.1 Å². The molecule has 112 valence electrons. The monoisotopic (exact) mass is 306 g/mol. The molecule has 4 heteroatoms. The third kappa shape index (κ3) is 3.96. The molecular weight excluding hydrogens is 287 g/mol. The predicted octanol–water partition coefficient (Wildman–Crippen LogP) is 4.05. The number of nitrogens with one attached hydrogen (secondary N) is 1. The van der Waals surface area contributed by atoms with Crippen molar-refractivity contribution in [2.45, 2.75) is 12.5 Å². The highest BCUT2D eigenvalue weighted by molar-refractivity contribution is 6.30. The third-order valence-corrected chi connectivity index (χ3v) is 3.89. The fraction of sp³-hybridized carbons (Fsp3) is 0.294. The molecule has 0 spiro atoms. The van der Waals surface area contributed by atoms with Gasteiger partial charge in [-0.1, -0.05) is 29.8 Å². The van der Waals surface area contributed by atoms with Crippen molar-refractivity contribution in [2.75, 3.05) is 26.0 Å². The molecule has 2 aromatic rings. The van der Waals surface area contributed by atoms with E-state index in [4.69, 9.17) is 11.6 Å². The summed E-state index contributed by atoms with van der Waals surface area (Å²) >= 11 is 5.72. The molecule has 0 saturated heterocycles. The van der Waals surface area contributed by atoms with Crippen molar-refractivity contribution in [2.24, 2.45) is 0 Å². The molecule has 0 fully saturated rings. The van der Waals surface area contributed by atoms with E-state index >= 15 is 0 Å². The summed E-state index contributed by atoms with van der Waals surface area (Å²) < 4.78 is 13.5. The van der Waals surface area contributed by atoms with Crippen LogP contribution in [-0.2, 0) is 6.42 Å². The van der Waals surface area contributed by atoms with Gasteiger partial charge in [-0.05, 0) is 48.9 Å². The molecule has 0 bridgehead atoms. The molecule has 1 unspecified atom stereocenters. The second kappa shape index (κ2) is 6.92. The zero-order chi connectivity index (χ0) is 15.4. The molecule has 0 heterocycles. The normalized spacial score (nSPS) is 12.2. The van der Waals surface area contributed by atoms with Crippen molar-refractivity contribution in [3.63, 3.8) is 0 Å². The van der Waals surface area contributed by atoms with Gasteiger partial charge in [-0.25, -0.2) is 4.39 Å². The zero-order valence-electron chi connectivity index (χ0n) is 12.5. The van der Waals surface area contributed by atoms with E-state index < -0.39 is 0 Å². The number of halogens is 2. The minimum Gasteiger partial charge on any atom is -0.378 e. The highest BCUT2D eigenvalue weighted by Crippen LogP contribution is 2.23. The minimum absolute atomic E-state index is 0.141. The number of rotatable bonds is 5. The molecule has 2 aromatic carbocycles. The van der Waals surface area contributed by atoms with Gasteiger partial charge in [0.1, 0.15) is 5.82 Å². The molecule has 1 N–H and O–H groups in total. The Bertz CT molecular complexity index is 596. The summed E-state index contributed by atoms with van der Waals surface area (Å²) in [6.45, 7) is 0. The quantitative estimate of drug-likeness (QED) is 0.896. The van der Waals surface area contributed by atoms with Crippen molar-refractivity contribution < 1.29 is 4.39 Å². The molecule has 0 aromatic heterocycles. The van der Waals surface area contributed by atoms with E-state index in [1.165, 1.54) is 11.6 Å². The molecule has 1 atom stereocenters. The van der Waals surface area contributed by atoms with E-state index in [0.717, 1.165) is 11.3 Å². The Morgan fingerprint density at radius 3 is 2.33 bits per heavy atom. The van der Waals surface area contributed by atoms with Crippen LogP contribution in [0, 0.1) is 5.82 Å². The van der Waals surface area contributed by atoms with Crippen LogP contribution in [0.2, 0.25) is 5.02 Å². The lowest BCUT2D eigenvalue weighted by atomic mass is 9.98. The Kier molecular flexibility index (Phi) is 5.21. The lowest BCUT2D eigenvalue weighted by Gasteiger charge is -2.19. The maximum absolute atomic E-state index is 13.5. The largest absolute Gasteiger partial charge is 0.378 e. The van der Waals surface area contributed by atoms with Gasteiger partial charge in [-0.15, -0.1) is 0 Å². The Labute approximate surface area is 130 Å². The average molecular weight is 307 g/mol. The SMILES string of the molecule is CNC(Cc1ccc(Cl)c(F)c1)c1ccc(N(C)C)cc1. The van der Waals surface area contributed by atoms with E-state index in [1.54, 1.807) is 6.07 Å².